The van der Waals surface area contributed by atoms with Gasteiger partial charge in [0.05, 0.1) is 16.6 Å². The van der Waals surface area contributed by atoms with Crippen LogP contribution in [-0.2, 0) is 10.7 Å². The molecule has 0 saturated carbocycles. The van der Waals surface area contributed by atoms with Crippen molar-refractivity contribution in [2.75, 3.05) is 16.4 Å². The molecule has 13 heteroatoms. The van der Waals surface area contributed by atoms with E-state index in [1.165, 1.54) is 30.3 Å². The fraction of sp³-hybridized carbons (Fsp3) is 0.0526. The Labute approximate surface area is 178 Å². The third kappa shape index (κ3) is 5.41. The topological polar surface area (TPSA) is 138 Å². The van der Waals surface area contributed by atoms with Gasteiger partial charge in [-0.2, -0.15) is 13.2 Å². The lowest BCUT2D eigenvalue weighted by Crippen LogP contribution is -2.20. The highest BCUT2D eigenvalue weighted by molar-refractivity contribution is 7.60. The predicted octanol–water partition coefficient (Wildman–Crippen LogP) is 3.94. The molecule has 0 radical (unpaired) electrons. The maximum absolute atomic E-state index is 13.8. The summed E-state index contributed by atoms with van der Waals surface area (Å²) < 4.78 is 63.5. The molecule has 0 aliphatic rings. The molecule has 0 spiro atoms. The number of anilines is 3. The normalized spacial score (nSPS) is 11.8. The summed E-state index contributed by atoms with van der Waals surface area (Å²) in [5.41, 5.74) is 4.87. The highest BCUT2D eigenvalue weighted by Gasteiger charge is 2.31. The minimum Gasteiger partial charge on any atom is -0.383 e. The standard InChI is InChI=1S/C19H15F4N4O4P/c20-15-6-3-11(19(21,22)23)7-16(15)27-18(28)26-12-4-1-10(2-5-12)14-8-13(32(29,30)31)9-25-17(14)24/h1-9H,(H2,24,25)(H2,26,27,28)(H2,29,30,31). The number of hydrogen-bond donors (Lipinski definition) is 5. The summed E-state index contributed by atoms with van der Waals surface area (Å²) >= 11 is 0. The number of rotatable bonds is 4. The van der Waals surface area contributed by atoms with E-state index in [0.29, 0.717) is 23.8 Å². The average Bonchev–Trinajstić information content (AvgIpc) is 2.69. The van der Waals surface area contributed by atoms with Crippen molar-refractivity contribution >= 4 is 36.1 Å². The SMILES string of the molecule is Nc1ncc(P(=O)(O)O)cc1-c1ccc(NC(=O)Nc2cc(C(F)(F)F)ccc2F)cc1. The van der Waals surface area contributed by atoms with Gasteiger partial charge in [0.15, 0.2) is 0 Å². The van der Waals surface area contributed by atoms with Crippen LogP contribution >= 0.6 is 7.60 Å². The summed E-state index contributed by atoms with van der Waals surface area (Å²) in [5, 5.41) is 4.02. The molecule has 0 saturated heterocycles. The smallest absolute Gasteiger partial charge is 0.383 e. The molecule has 3 aromatic rings. The molecule has 0 atom stereocenters. The van der Waals surface area contributed by atoms with Gasteiger partial charge in [0.25, 0.3) is 0 Å². The van der Waals surface area contributed by atoms with Crippen LogP contribution in [0.2, 0.25) is 0 Å². The van der Waals surface area contributed by atoms with Crippen molar-refractivity contribution in [3.05, 3.63) is 66.1 Å². The summed E-state index contributed by atoms with van der Waals surface area (Å²) in [6, 6.07) is 7.57. The number of carbonyl (C=O) groups is 1. The van der Waals surface area contributed by atoms with Crippen molar-refractivity contribution in [3.8, 4) is 11.1 Å². The van der Waals surface area contributed by atoms with Crippen LogP contribution in [0.3, 0.4) is 0 Å². The number of nitrogen functional groups attached to an aromatic ring is 1. The van der Waals surface area contributed by atoms with Gasteiger partial charge in [-0.25, -0.2) is 14.2 Å². The minimum absolute atomic E-state index is 0.0145. The van der Waals surface area contributed by atoms with Crippen LogP contribution in [0.4, 0.5) is 39.5 Å². The van der Waals surface area contributed by atoms with Crippen molar-refractivity contribution < 1.29 is 36.7 Å². The van der Waals surface area contributed by atoms with Gasteiger partial charge in [-0.15, -0.1) is 0 Å². The molecular weight excluding hydrogens is 455 g/mol. The average molecular weight is 470 g/mol. The van der Waals surface area contributed by atoms with E-state index in [1.54, 1.807) is 0 Å². The Hall–Kier alpha value is -3.47. The summed E-state index contributed by atoms with van der Waals surface area (Å²) in [4.78, 5) is 34.4. The maximum atomic E-state index is 13.8. The minimum atomic E-state index is -4.70. The number of nitrogens with one attached hydrogen (secondary N) is 2. The van der Waals surface area contributed by atoms with E-state index in [-0.39, 0.29) is 22.4 Å². The number of alkyl halides is 3. The molecule has 1 heterocycles. The highest BCUT2D eigenvalue weighted by atomic mass is 31.2. The molecule has 0 aliphatic heterocycles. The molecule has 32 heavy (non-hydrogen) atoms. The number of halogens is 4. The van der Waals surface area contributed by atoms with Crippen molar-refractivity contribution in [3.63, 3.8) is 0 Å². The van der Waals surface area contributed by atoms with Gasteiger partial charge in [-0.3, -0.25) is 4.57 Å². The molecule has 0 fully saturated rings. The Bertz CT molecular complexity index is 1210. The lowest BCUT2D eigenvalue weighted by molar-refractivity contribution is -0.137. The number of pyridine rings is 1. The zero-order valence-corrected chi connectivity index (χ0v) is 16.8. The van der Waals surface area contributed by atoms with Gasteiger partial charge in [0.2, 0.25) is 0 Å². The van der Waals surface area contributed by atoms with Crippen LogP contribution in [0.1, 0.15) is 5.56 Å². The molecule has 2 amide bonds. The summed E-state index contributed by atoms with van der Waals surface area (Å²) in [6.07, 6.45) is -3.74. The Kier molecular flexibility index (Phi) is 6.22. The van der Waals surface area contributed by atoms with E-state index in [0.717, 1.165) is 6.20 Å². The molecule has 1 aromatic heterocycles. The largest absolute Gasteiger partial charge is 0.416 e. The molecule has 8 nitrogen and oxygen atoms in total. The van der Waals surface area contributed by atoms with Crippen molar-refractivity contribution in [1.82, 2.24) is 4.98 Å². The number of nitrogens with two attached hydrogens (primary N) is 1. The Morgan fingerprint density at radius 1 is 1.03 bits per heavy atom. The second kappa shape index (κ2) is 8.58. The first kappa shape index (κ1) is 23.2. The van der Waals surface area contributed by atoms with E-state index in [9.17, 15) is 36.7 Å². The van der Waals surface area contributed by atoms with Crippen LogP contribution < -0.4 is 21.7 Å². The Balaban J connectivity index is 1.76. The molecule has 2 aromatic carbocycles. The first-order chi connectivity index (χ1) is 14.8. The molecular formula is C19H15F4N4O4P. The molecule has 3 rings (SSSR count). The third-order valence-electron chi connectivity index (χ3n) is 4.24. The van der Waals surface area contributed by atoms with E-state index < -0.39 is 36.9 Å². The number of amides is 2. The summed E-state index contributed by atoms with van der Waals surface area (Å²) in [5.74, 6) is -1.03. The molecule has 168 valence electrons. The number of aromatic nitrogens is 1. The van der Waals surface area contributed by atoms with E-state index >= 15 is 0 Å². The van der Waals surface area contributed by atoms with Gasteiger partial charge in [0.1, 0.15) is 11.6 Å². The molecule has 0 unspecified atom stereocenters. The van der Waals surface area contributed by atoms with Crippen LogP contribution in [0, 0.1) is 5.82 Å². The number of benzene rings is 2. The number of hydrogen-bond acceptors (Lipinski definition) is 4. The van der Waals surface area contributed by atoms with Gasteiger partial charge in [-0.05, 0) is 42.0 Å². The first-order valence-electron chi connectivity index (χ1n) is 8.71. The van der Waals surface area contributed by atoms with Crippen molar-refractivity contribution in [1.29, 1.82) is 0 Å². The number of urea groups is 1. The van der Waals surface area contributed by atoms with Crippen LogP contribution in [0.15, 0.2) is 54.7 Å². The lowest BCUT2D eigenvalue weighted by Gasteiger charge is -2.12. The Morgan fingerprint density at radius 3 is 2.28 bits per heavy atom. The van der Waals surface area contributed by atoms with E-state index in [1.807, 2.05) is 5.32 Å². The van der Waals surface area contributed by atoms with Gasteiger partial charge < -0.3 is 26.2 Å². The summed E-state index contributed by atoms with van der Waals surface area (Å²) in [6.45, 7) is 0. The fourth-order valence-corrected chi connectivity index (χ4v) is 3.18. The fourth-order valence-electron chi connectivity index (χ4n) is 2.67. The second-order valence-electron chi connectivity index (χ2n) is 6.52. The third-order valence-corrected chi connectivity index (χ3v) is 5.15. The molecule has 0 bridgehead atoms. The van der Waals surface area contributed by atoms with Gasteiger partial charge in [-0.1, -0.05) is 12.1 Å². The zero-order valence-electron chi connectivity index (χ0n) is 15.9. The zero-order chi connectivity index (χ0) is 23.7. The van der Waals surface area contributed by atoms with Gasteiger partial charge >= 0.3 is 19.8 Å². The predicted molar refractivity (Wildman–Crippen MR) is 110 cm³/mol. The first-order valence-corrected chi connectivity index (χ1v) is 10.3. The van der Waals surface area contributed by atoms with Crippen LogP contribution in [0.25, 0.3) is 11.1 Å². The lowest BCUT2D eigenvalue weighted by atomic mass is 10.1. The van der Waals surface area contributed by atoms with Crippen molar-refractivity contribution in [2.45, 2.75) is 6.18 Å². The van der Waals surface area contributed by atoms with E-state index in [2.05, 4.69) is 10.3 Å². The highest BCUT2D eigenvalue weighted by Crippen LogP contribution is 2.36. The number of nitrogens with zero attached hydrogens (tertiary/aromatic N) is 1. The van der Waals surface area contributed by atoms with Crippen molar-refractivity contribution in [2.24, 2.45) is 0 Å². The van der Waals surface area contributed by atoms with Crippen LogP contribution in [0.5, 0.6) is 0 Å². The van der Waals surface area contributed by atoms with E-state index in [4.69, 9.17) is 5.73 Å². The second-order valence-corrected chi connectivity index (χ2v) is 8.12. The molecule has 0 aliphatic carbocycles. The van der Waals surface area contributed by atoms with Crippen LogP contribution in [-0.4, -0.2) is 20.8 Å². The number of carbonyl (C=O) groups excluding carboxylic acids is 1. The van der Waals surface area contributed by atoms with Gasteiger partial charge in [0, 0.05) is 17.4 Å². The monoisotopic (exact) mass is 470 g/mol. The maximum Gasteiger partial charge on any atom is 0.416 e. The molecule has 6 N–H and O–H groups in total. The Morgan fingerprint density at radius 2 is 1.69 bits per heavy atom. The quantitative estimate of drug-likeness (QED) is 0.289. The summed E-state index contributed by atoms with van der Waals surface area (Å²) in [7, 11) is -4.55.